The molecule has 2 aromatic rings. The first-order chi connectivity index (χ1) is 13.0. The quantitative estimate of drug-likeness (QED) is 0.491. The van der Waals surface area contributed by atoms with E-state index in [1.165, 1.54) is 36.4 Å². The molecule has 1 aliphatic heterocycles. The normalized spacial score (nSPS) is 17.5. The Labute approximate surface area is 159 Å². The molecule has 140 valence electrons. The van der Waals surface area contributed by atoms with E-state index >= 15 is 0 Å². The van der Waals surface area contributed by atoms with Gasteiger partial charge in [0.05, 0.1) is 5.69 Å². The van der Waals surface area contributed by atoms with Crippen molar-refractivity contribution in [3.05, 3.63) is 60.2 Å². The number of amides is 2. The first-order valence-corrected chi connectivity index (χ1v) is 9.22. The fourth-order valence-corrected chi connectivity index (χ4v) is 3.71. The SMILES string of the molecule is CCN=C(Nc1cccc(F)c1)SC1CC(=O)N(c2ccc(F)cc2)C1=O. The maximum absolute atomic E-state index is 13.4. The average molecular weight is 389 g/mol. The van der Waals surface area contributed by atoms with E-state index in [-0.39, 0.29) is 18.2 Å². The van der Waals surface area contributed by atoms with Crippen molar-refractivity contribution in [3.8, 4) is 0 Å². The molecule has 1 N–H and O–H groups in total. The monoisotopic (exact) mass is 389 g/mol. The van der Waals surface area contributed by atoms with Crippen LogP contribution in [0.1, 0.15) is 13.3 Å². The number of anilines is 2. The molecule has 0 saturated carbocycles. The standard InChI is InChI=1S/C19H17F2N3O2S/c1-2-22-19(23-14-5-3-4-13(21)10-14)27-16-11-17(25)24(18(16)26)15-8-6-12(20)7-9-15/h3-10,16H,2,11H2,1H3,(H,22,23). The number of thioether (sulfide) groups is 1. The summed E-state index contributed by atoms with van der Waals surface area (Å²) in [4.78, 5) is 30.4. The molecule has 1 heterocycles. The summed E-state index contributed by atoms with van der Waals surface area (Å²) < 4.78 is 26.5. The number of carbonyl (C=O) groups is 2. The Morgan fingerprint density at radius 3 is 2.59 bits per heavy atom. The van der Waals surface area contributed by atoms with E-state index in [4.69, 9.17) is 0 Å². The van der Waals surface area contributed by atoms with Gasteiger partial charge in [0.15, 0.2) is 5.17 Å². The Kier molecular flexibility index (Phi) is 5.85. The van der Waals surface area contributed by atoms with E-state index in [9.17, 15) is 18.4 Å². The highest BCUT2D eigenvalue weighted by Gasteiger charge is 2.40. The second-order valence-electron chi connectivity index (χ2n) is 5.77. The van der Waals surface area contributed by atoms with Gasteiger partial charge in [-0.15, -0.1) is 0 Å². The number of imide groups is 1. The lowest BCUT2D eigenvalue weighted by atomic mass is 10.3. The average Bonchev–Trinajstić information content (AvgIpc) is 2.90. The smallest absolute Gasteiger partial charge is 0.247 e. The Balaban J connectivity index is 1.75. The molecule has 5 nitrogen and oxygen atoms in total. The molecule has 8 heteroatoms. The van der Waals surface area contributed by atoms with Gasteiger partial charge in [0.25, 0.3) is 0 Å². The highest BCUT2D eigenvalue weighted by molar-refractivity contribution is 8.15. The van der Waals surface area contributed by atoms with Crippen molar-refractivity contribution in [2.45, 2.75) is 18.6 Å². The zero-order valence-corrected chi connectivity index (χ0v) is 15.3. The first kappa shape index (κ1) is 19.0. The zero-order valence-electron chi connectivity index (χ0n) is 14.5. The predicted octanol–water partition coefficient (Wildman–Crippen LogP) is 3.82. The molecule has 0 spiro atoms. The summed E-state index contributed by atoms with van der Waals surface area (Å²) in [5.74, 6) is -1.58. The van der Waals surface area contributed by atoms with Crippen molar-refractivity contribution in [1.82, 2.24) is 0 Å². The molecule has 1 saturated heterocycles. The van der Waals surface area contributed by atoms with E-state index in [0.717, 1.165) is 16.7 Å². The lowest BCUT2D eigenvalue weighted by Gasteiger charge is -2.16. The van der Waals surface area contributed by atoms with Crippen LogP contribution < -0.4 is 10.2 Å². The molecule has 1 atom stereocenters. The lowest BCUT2D eigenvalue weighted by Crippen LogP contribution is -2.31. The second-order valence-corrected chi connectivity index (χ2v) is 6.96. The zero-order chi connectivity index (χ0) is 19.4. The highest BCUT2D eigenvalue weighted by atomic mass is 32.2. The molecule has 27 heavy (non-hydrogen) atoms. The maximum Gasteiger partial charge on any atom is 0.247 e. The van der Waals surface area contributed by atoms with Gasteiger partial charge in [0, 0.05) is 18.7 Å². The third-order valence-electron chi connectivity index (χ3n) is 3.82. The van der Waals surface area contributed by atoms with Gasteiger partial charge in [-0.25, -0.2) is 13.7 Å². The first-order valence-electron chi connectivity index (χ1n) is 8.34. The third-order valence-corrected chi connectivity index (χ3v) is 4.93. The number of hydrogen-bond acceptors (Lipinski definition) is 4. The number of carbonyl (C=O) groups excluding carboxylic acids is 2. The number of amidine groups is 1. The summed E-state index contributed by atoms with van der Waals surface area (Å²) in [5, 5.41) is 2.75. The Bertz CT molecular complexity index is 887. The number of benzene rings is 2. The fraction of sp³-hybridized carbons (Fsp3) is 0.211. The minimum atomic E-state index is -0.658. The van der Waals surface area contributed by atoms with Gasteiger partial charge >= 0.3 is 0 Å². The summed E-state index contributed by atoms with van der Waals surface area (Å²) in [7, 11) is 0. The van der Waals surface area contributed by atoms with Crippen LogP contribution in [-0.4, -0.2) is 28.8 Å². The van der Waals surface area contributed by atoms with E-state index in [2.05, 4.69) is 10.3 Å². The molecule has 1 fully saturated rings. The number of rotatable bonds is 4. The van der Waals surface area contributed by atoms with Gasteiger partial charge in [-0.05, 0) is 49.4 Å². The predicted molar refractivity (Wildman–Crippen MR) is 103 cm³/mol. The van der Waals surface area contributed by atoms with E-state index in [1.54, 1.807) is 12.1 Å². The maximum atomic E-state index is 13.4. The van der Waals surface area contributed by atoms with Crippen LogP contribution in [0.4, 0.5) is 20.2 Å². The van der Waals surface area contributed by atoms with Crippen LogP contribution in [0.3, 0.4) is 0 Å². The molecular formula is C19H17F2N3O2S. The molecule has 0 bridgehead atoms. The summed E-state index contributed by atoms with van der Waals surface area (Å²) in [6.45, 7) is 2.29. The van der Waals surface area contributed by atoms with Crippen LogP contribution in [-0.2, 0) is 9.59 Å². The van der Waals surface area contributed by atoms with Gasteiger partial charge in [-0.1, -0.05) is 17.8 Å². The number of nitrogens with zero attached hydrogens (tertiary/aromatic N) is 2. The topological polar surface area (TPSA) is 61.8 Å². The minimum Gasteiger partial charge on any atom is -0.335 e. The number of hydrogen-bond donors (Lipinski definition) is 1. The van der Waals surface area contributed by atoms with Gasteiger partial charge in [0.2, 0.25) is 11.8 Å². The van der Waals surface area contributed by atoms with E-state index < -0.39 is 16.9 Å². The second kappa shape index (κ2) is 8.30. The molecule has 2 aromatic carbocycles. The third kappa shape index (κ3) is 4.51. The van der Waals surface area contributed by atoms with Crippen molar-refractivity contribution in [2.24, 2.45) is 4.99 Å². The van der Waals surface area contributed by atoms with E-state index in [0.29, 0.717) is 23.1 Å². The Hall–Kier alpha value is -2.74. The van der Waals surface area contributed by atoms with Gasteiger partial charge in [-0.2, -0.15) is 0 Å². The number of halogens is 2. The summed E-state index contributed by atoms with van der Waals surface area (Å²) in [6, 6.07) is 11.1. The number of aliphatic imine (C=N–C) groups is 1. The molecule has 0 aliphatic carbocycles. The van der Waals surface area contributed by atoms with Crippen LogP contribution in [0.2, 0.25) is 0 Å². The molecule has 1 aliphatic rings. The van der Waals surface area contributed by atoms with Crippen molar-refractivity contribution in [3.63, 3.8) is 0 Å². The van der Waals surface area contributed by atoms with Crippen LogP contribution in [0, 0.1) is 11.6 Å². The molecule has 2 amide bonds. The summed E-state index contributed by atoms with van der Waals surface area (Å²) in [5.41, 5.74) is 0.837. The van der Waals surface area contributed by atoms with Crippen molar-refractivity contribution in [1.29, 1.82) is 0 Å². The molecule has 0 aromatic heterocycles. The highest BCUT2D eigenvalue weighted by Crippen LogP contribution is 2.31. The summed E-state index contributed by atoms with van der Waals surface area (Å²) in [6.07, 6.45) is 0.00837. The molecule has 1 unspecified atom stereocenters. The van der Waals surface area contributed by atoms with E-state index in [1.807, 2.05) is 6.92 Å². The van der Waals surface area contributed by atoms with Gasteiger partial charge < -0.3 is 5.32 Å². The fourth-order valence-electron chi connectivity index (χ4n) is 2.63. The largest absolute Gasteiger partial charge is 0.335 e. The van der Waals surface area contributed by atoms with Crippen molar-refractivity contribution < 1.29 is 18.4 Å². The molecule has 3 rings (SSSR count). The summed E-state index contributed by atoms with van der Waals surface area (Å²) >= 11 is 1.12. The minimum absolute atomic E-state index is 0.00837. The van der Waals surface area contributed by atoms with Gasteiger partial charge in [-0.3, -0.25) is 14.6 Å². The van der Waals surface area contributed by atoms with Crippen LogP contribution in [0.25, 0.3) is 0 Å². The van der Waals surface area contributed by atoms with Gasteiger partial charge in [0.1, 0.15) is 16.9 Å². The van der Waals surface area contributed by atoms with Crippen molar-refractivity contribution >= 4 is 40.1 Å². The van der Waals surface area contributed by atoms with Crippen LogP contribution >= 0.6 is 11.8 Å². The Morgan fingerprint density at radius 1 is 1.19 bits per heavy atom. The van der Waals surface area contributed by atoms with Crippen LogP contribution in [0.15, 0.2) is 53.5 Å². The lowest BCUT2D eigenvalue weighted by molar-refractivity contribution is -0.121. The van der Waals surface area contributed by atoms with Crippen molar-refractivity contribution in [2.75, 3.05) is 16.8 Å². The molecule has 0 radical (unpaired) electrons. The Morgan fingerprint density at radius 2 is 1.93 bits per heavy atom. The molecular weight excluding hydrogens is 372 g/mol. The van der Waals surface area contributed by atoms with Crippen LogP contribution in [0.5, 0.6) is 0 Å². The number of nitrogens with one attached hydrogen (secondary N) is 1.